The summed E-state index contributed by atoms with van der Waals surface area (Å²) in [5.41, 5.74) is 2.17. The van der Waals surface area contributed by atoms with E-state index in [0.29, 0.717) is 36.4 Å². The molecule has 0 bridgehead atoms. The first-order valence-electron chi connectivity index (χ1n) is 10.8. The molecule has 0 heterocycles. The predicted octanol–water partition coefficient (Wildman–Crippen LogP) is 2.22. The Kier molecular flexibility index (Phi) is 6.59. The quantitative estimate of drug-likeness (QED) is 0.506. The number of nitrogens with two attached hydrogens (primary N) is 1. The van der Waals surface area contributed by atoms with E-state index in [2.05, 4.69) is 15.5 Å². The van der Waals surface area contributed by atoms with Gasteiger partial charge in [0, 0.05) is 42.8 Å². The molecule has 4 rings (SSSR count). The van der Waals surface area contributed by atoms with Gasteiger partial charge < -0.3 is 10.6 Å². The van der Waals surface area contributed by atoms with Gasteiger partial charge in [-0.25, -0.2) is 13.6 Å². The van der Waals surface area contributed by atoms with Crippen LogP contribution < -0.4 is 15.8 Å². The van der Waals surface area contributed by atoms with E-state index in [0.717, 1.165) is 31.2 Å². The lowest BCUT2D eigenvalue weighted by atomic mass is 10.1. The zero-order valence-corrected chi connectivity index (χ0v) is 18.6. The summed E-state index contributed by atoms with van der Waals surface area (Å²) in [4.78, 5) is 26.8. The van der Waals surface area contributed by atoms with Crippen LogP contribution in [0.2, 0.25) is 0 Å². The number of carbonyl (C=O) groups is 2. The molecule has 0 aromatic heterocycles. The van der Waals surface area contributed by atoms with Crippen molar-refractivity contribution in [2.45, 2.75) is 55.6 Å². The van der Waals surface area contributed by atoms with Gasteiger partial charge in [-0.3, -0.25) is 14.5 Å². The van der Waals surface area contributed by atoms with E-state index in [9.17, 15) is 18.0 Å². The normalized spacial score (nSPS) is 16.1. The fourth-order valence-electron chi connectivity index (χ4n) is 3.54. The number of carbonyl (C=O) groups excluding carboxylic acids is 2. The van der Waals surface area contributed by atoms with Gasteiger partial charge in [-0.2, -0.15) is 0 Å². The first-order valence-corrected chi connectivity index (χ1v) is 12.4. The Labute approximate surface area is 188 Å². The van der Waals surface area contributed by atoms with Crippen molar-refractivity contribution in [3.8, 4) is 0 Å². The molecule has 2 amide bonds. The third kappa shape index (κ3) is 6.38. The SMILES string of the molecule is NS(=O)(=O)c1cccc(NC(=O)CCN(Cc2ccc(C(=O)NC3CC3)cc2)C2CC2)c1. The van der Waals surface area contributed by atoms with Crippen LogP contribution in [0, 0.1) is 0 Å². The highest BCUT2D eigenvalue weighted by Gasteiger charge is 2.29. The van der Waals surface area contributed by atoms with Gasteiger partial charge in [0.25, 0.3) is 5.91 Å². The molecule has 2 aliphatic rings. The van der Waals surface area contributed by atoms with E-state index < -0.39 is 10.0 Å². The molecule has 2 aromatic rings. The van der Waals surface area contributed by atoms with E-state index in [1.54, 1.807) is 12.1 Å². The molecule has 8 nitrogen and oxygen atoms in total. The maximum atomic E-state index is 12.4. The molecule has 9 heteroatoms. The van der Waals surface area contributed by atoms with Crippen molar-refractivity contribution < 1.29 is 18.0 Å². The van der Waals surface area contributed by atoms with Crippen molar-refractivity contribution >= 4 is 27.5 Å². The molecule has 0 unspecified atom stereocenters. The molecule has 2 fully saturated rings. The van der Waals surface area contributed by atoms with Crippen LogP contribution in [-0.4, -0.2) is 43.8 Å². The molecule has 2 aromatic carbocycles. The third-order valence-electron chi connectivity index (χ3n) is 5.65. The summed E-state index contributed by atoms with van der Waals surface area (Å²) in [5, 5.41) is 10.9. The fraction of sp³-hybridized carbons (Fsp3) is 0.391. The van der Waals surface area contributed by atoms with E-state index >= 15 is 0 Å². The largest absolute Gasteiger partial charge is 0.349 e. The van der Waals surface area contributed by atoms with Crippen molar-refractivity contribution in [1.82, 2.24) is 10.2 Å². The minimum absolute atomic E-state index is 0.0266. The smallest absolute Gasteiger partial charge is 0.251 e. The summed E-state index contributed by atoms with van der Waals surface area (Å²) >= 11 is 0. The van der Waals surface area contributed by atoms with Gasteiger partial charge >= 0.3 is 0 Å². The Hall–Kier alpha value is -2.75. The van der Waals surface area contributed by atoms with Crippen molar-refractivity contribution in [3.05, 3.63) is 59.7 Å². The lowest BCUT2D eigenvalue weighted by Crippen LogP contribution is -2.29. The molecule has 0 atom stereocenters. The minimum atomic E-state index is -3.82. The zero-order valence-electron chi connectivity index (χ0n) is 17.8. The fourth-order valence-corrected chi connectivity index (χ4v) is 4.10. The summed E-state index contributed by atoms with van der Waals surface area (Å²) in [5.74, 6) is -0.212. The Balaban J connectivity index is 1.30. The lowest BCUT2D eigenvalue weighted by Gasteiger charge is -2.22. The average molecular weight is 457 g/mol. The summed E-state index contributed by atoms with van der Waals surface area (Å²) < 4.78 is 23.0. The Morgan fingerprint density at radius 3 is 2.38 bits per heavy atom. The van der Waals surface area contributed by atoms with E-state index in [4.69, 9.17) is 5.14 Å². The number of amides is 2. The van der Waals surface area contributed by atoms with Crippen molar-refractivity contribution in [3.63, 3.8) is 0 Å². The molecule has 0 aliphatic heterocycles. The van der Waals surface area contributed by atoms with Crippen LogP contribution in [0.3, 0.4) is 0 Å². The third-order valence-corrected chi connectivity index (χ3v) is 6.56. The highest BCUT2D eigenvalue weighted by Crippen LogP contribution is 2.28. The number of hydrogen-bond donors (Lipinski definition) is 3. The van der Waals surface area contributed by atoms with Crippen molar-refractivity contribution in [1.29, 1.82) is 0 Å². The molecule has 0 spiro atoms. The van der Waals surface area contributed by atoms with Crippen LogP contribution in [-0.2, 0) is 21.4 Å². The number of sulfonamides is 1. The molecule has 0 radical (unpaired) electrons. The van der Waals surface area contributed by atoms with Crippen LogP contribution in [0.25, 0.3) is 0 Å². The van der Waals surface area contributed by atoms with Gasteiger partial charge in [0.2, 0.25) is 15.9 Å². The average Bonchev–Trinajstić information content (AvgIpc) is 3.66. The van der Waals surface area contributed by atoms with Crippen molar-refractivity contribution in [2.24, 2.45) is 5.14 Å². The van der Waals surface area contributed by atoms with E-state index in [1.165, 1.54) is 12.1 Å². The second-order valence-corrected chi connectivity index (χ2v) is 10.1. The predicted molar refractivity (Wildman–Crippen MR) is 121 cm³/mol. The van der Waals surface area contributed by atoms with Gasteiger partial charge in [-0.15, -0.1) is 0 Å². The van der Waals surface area contributed by atoms with Crippen LogP contribution in [0.4, 0.5) is 5.69 Å². The lowest BCUT2D eigenvalue weighted by molar-refractivity contribution is -0.116. The molecular formula is C23H28N4O4S. The van der Waals surface area contributed by atoms with Crippen LogP contribution in [0.1, 0.15) is 48.0 Å². The number of nitrogens with zero attached hydrogens (tertiary/aromatic N) is 1. The second kappa shape index (κ2) is 9.40. The summed E-state index contributed by atoms with van der Waals surface area (Å²) in [7, 11) is -3.82. The van der Waals surface area contributed by atoms with Crippen LogP contribution >= 0.6 is 0 Å². The van der Waals surface area contributed by atoms with E-state index in [1.807, 2.05) is 24.3 Å². The summed E-state index contributed by atoms with van der Waals surface area (Å²) in [6, 6.07) is 14.4. The highest BCUT2D eigenvalue weighted by molar-refractivity contribution is 7.89. The Morgan fingerprint density at radius 2 is 1.75 bits per heavy atom. The zero-order chi connectivity index (χ0) is 22.7. The number of benzene rings is 2. The number of primary sulfonamides is 1. The summed E-state index contributed by atoms with van der Waals surface area (Å²) in [6.45, 7) is 1.30. The van der Waals surface area contributed by atoms with Gasteiger partial charge in [0.1, 0.15) is 0 Å². The molecule has 4 N–H and O–H groups in total. The first kappa shape index (κ1) is 22.4. The van der Waals surface area contributed by atoms with Crippen LogP contribution in [0.5, 0.6) is 0 Å². The van der Waals surface area contributed by atoms with E-state index in [-0.39, 0.29) is 23.1 Å². The minimum Gasteiger partial charge on any atom is -0.349 e. The number of hydrogen-bond acceptors (Lipinski definition) is 5. The first-order chi connectivity index (χ1) is 15.3. The van der Waals surface area contributed by atoms with Crippen LogP contribution in [0.15, 0.2) is 53.4 Å². The molecule has 2 aliphatic carbocycles. The number of nitrogens with one attached hydrogen (secondary N) is 2. The second-order valence-electron chi connectivity index (χ2n) is 8.52. The molecule has 0 saturated heterocycles. The Morgan fingerprint density at radius 1 is 1.03 bits per heavy atom. The molecule has 32 heavy (non-hydrogen) atoms. The van der Waals surface area contributed by atoms with Gasteiger partial charge in [-0.05, 0) is 61.6 Å². The van der Waals surface area contributed by atoms with Gasteiger partial charge in [0.05, 0.1) is 4.90 Å². The Bertz CT molecular complexity index is 1090. The monoisotopic (exact) mass is 456 g/mol. The maximum Gasteiger partial charge on any atom is 0.251 e. The number of anilines is 1. The van der Waals surface area contributed by atoms with Gasteiger partial charge in [-0.1, -0.05) is 18.2 Å². The van der Waals surface area contributed by atoms with Gasteiger partial charge in [0.15, 0.2) is 0 Å². The topological polar surface area (TPSA) is 122 Å². The molecular weight excluding hydrogens is 428 g/mol. The molecule has 170 valence electrons. The summed E-state index contributed by atoms with van der Waals surface area (Å²) in [6.07, 6.45) is 4.63. The standard InChI is InChI=1S/C23H28N4O4S/c24-32(30,31)21-3-1-2-19(14-21)25-22(28)12-13-27(20-10-11-20)15-16-4-6-17(7-5-16)23(29)26-18-8-9-18/h1-7,14,18,20H,8-13,15H2,(H,25,28)(H,26,29)(H2,24,30,31). The number of rotatable bonds is 10. The van der Waals surface area contributed by atoms with Crippen molar-refractivity contribution in [2.75, 3.05) is 11.9 Å². The molecule has 2 saturated carbocycles. The highest BCUT2D eigenvalue weighted by atomic mass is 32.2. The maximum absolute atomic E-state index is 12.4.